The van der Waals surface area contributed by atoms with Gasteiger partial charge in [0.15, 0.2) is 0 Å². The molecule has 0 saturated carbocycles. The Morgan fingerprint density at radius 2 is 1.97 bits per heavy atom. The molecule has 1 aromatic heterocycles. The number of nitrogens with zero attached hydrogens (tertiary/aromatic N) is 2. The molecule has 3 aromatic rings. The van der Waals surface area contributed by atoms with E-state index >= 15 is 0 Å². The van der Waals surface area contributed by atoms with Gasteiger partial charge >= 0.3 is 5.97 Å². The maximum atomic E-state index is 13.2. The highest BCUT2D eigenvalue weighted by atomic mass is 79.9. The van der Waals surface area contributed by atoms with Crippen LogP contribution >= 0.6 is 15.9 Å². The Labute approximate surface area is 192 Å². The first-order chi connectivity index (χ1) is 15.0. The first-order valence-electron chi connectivity index (χ1n) is 10.9. The smallest absolute Gasteiger partial charge is 0.340 e. The van der Waals surface area contributed by atoms with Gasteiger partial charge in [0.05, 0.1) is 35.0 Å². The third kappa shape index (κ3) is 4.23. The van der Waals surface area contributed by atoms with E-state index in [2.05, 4.69) is 44.5 Å². The van der Waals surface area contributed by atoms with E-state index in [0.717, 1.165) is 33.3 Å². The summed E-state index contributed by atoms with van der Waals surface area (Å²) in [6, 6.07) is 14.7. The number of esters is 1. The van der Waals surface area contributed by atoms with E-state index in [9.17, 15) is 4.79 Å². The van der Waals surface area contributed by atoms with Crippen LogP contribution in [0.4, 0.5) is 0 Å². The van der Waals surface area contributed by atoms with Crippen LogP contribution in [0.1, 0.15) is 49.2 Å². The topological polar surface area (TPSA) is 43.7 Å². The Kier molecular flexibility index (Phi) is 6.68. The van der Waals surface area contributed by atoms with Crippen molar-refractivity contribution < 1.29 is 14.3 Å². The van der Waals surface area contributed by atoms with Gasteiger partial charge in [-0.3, -0.25) is 4.90 Å². The van der Waals surface area contributed by atoms with E-state index in [4.69, 9.17) is 9.47 Å². The highest BCUT2D eigenvalue weighted by Gasteiger charge is 2.29. The molecule has 6 heteroatoms. The number of rotatable bonds is 6. The summed E-state index contributed by atoms with van der Waals surface area (Å²) in [5.41, 5.74) is 3.58. The molecule has 1 aliphatic heterocycles. The van der Waals surface area contributed by atoms with Gasteiger partial charge < -0.3 is 14.0 Å². The zero-order valence-corrected chi connectivity index (χ0v) is 19.9. The summed E-state index contributed by atoms with van der Waals surface area (Å²) in [4.78, 5) is 15.7. The van der Waals surface area contributed by atoms with Crippen molar-refractivity contribution in [1.82, 2.24) is 9.47 Å². The molecule has 1 saturated heterocycles. The zero-order chi connectivity index (χ0) is 22.0. The van der Waals surface area contributed by atoms with E-state index in [-0.39, 0.29) is 5.97 Å². The molecule has 1 aliphatic rings. The summed E-state index contributed by atoms with van der Waals surface area (Å²) in [5.74, 6) is 0.410. The molecule has 5 nitrogen and oxygen atoms in total. The lowest BCUT2D eigenvalue weighted by molar-refractivity contribution is 0.0524. The number of hydrogen-bond acceptors (Lipinski definition) is 4. The second kappa shape index (κ2) is 9.45. The average molecular weight is 485 g/mol. The monoisotopic (exact) mass is 484 g/mol. The molecular weight excluding hydrogens is 456 g/mol. The van der Waals surface area contributed by atoms with Crippen LogP contribution in [0.25, 0.3) is 16.6 Å². The molecule has 164 valence electrons. The van der Waals surface area contributed by atoms with E-state index in [0.29, 0.717) is 30.5 Å². The van der Waals surface area contributed by atoms with Crippen molar-refractivity contribution in [2.75, 3.05) is 20.3 Å². The maximum absolute atomic E-state index is 13.2. The highest BCUT2D eigenvalue weighted by molar-refractivity contribution is 9.10. The van der Waals surface area contributed by atoms with Gasteiger partial charge in [0, 0.05) is 23.7 Å². The van der Waals surface area contributed by atoms with Gasteiger partial charge in [0.1, 0.15) is 5.75 Å². The average Bonchev–Trinajstić information content (AvgIpc) is 3.08. The fourth-order valence-electron chi connectivity index (χ4n) is 4.53. The largest absolute Gasteiger partial charge is 0.496 e. The molecule has 0 aliphatic carbocycles. The van der Waals surface area contributed by atoms with Crippen LogP contribution in [0.15, 0.2) is 46.9 Å². The van der Waals surface area contributed by atoms with Gasteiger partial charge in [0.2, 0.25) is 0 Å². The number of ether oxygens (including phenoxy) is 2. The minimum Gasteiger partial charge on any atom is -0.496 e. The van der Waals surface area contributed by atoms with Crippen molar-refractivity contribution in [3.63, 3.8) is 0 Å². The van der Waals surface area contributed by atoms with Crippen LogP contribution in [0.2, 0.25) is 0 Å². The fraction of sp³-hybridized carbons (Fsp3) is 0.400. The summed E-state index contributed by atoms with van der Waals surface area (Å²) in [6.07, 6.45) is 3.62. The summed E-state index contributed by atoms with van der Waals surface area (Å²) in [7, 11) is 1.64. The molecule has 31 heavy (non-hydrogen) atoms. The van der Waals surface area contributed by atoms with Crippen molar-refractivity contribution in [3.8, 4) is 11.4 Å². The van der Waals surface area contributed by atoms with E-state index < -0.39 is 0 Å². The SMILES string of the molecule is CCOC(=O)c1c(CN2CCCC[C@H]2C)n(-c2ccccc2)c2cc(Br)c(OC)cc12. The number of likely N-dealkylation sites (tertiary alicyclic amines) is 1. The van der Waals surface area contributed by atoms with E-state index in [1.165, 1.54) is 19.3 Å². The second-order valence-corrected chi connectivity index (χ2v) is 8.89. The van der Waals surface area contributed by atoms with E-state index in [1.54, 1.807) is 7.11 Å². The third-order valence-corrected chi connectivity index (χ3v) is 6.75. The highest BCUT2D eigenvalue weighted by Crippen LogP contribution is 2.38. The third-order valence-electron chi connectivity index (χ3n) is 6.13. The summed E-state index contributed by atoms with van der Waals surface area (Å²) in [6.45, 7) is 6.19. The molecule has 0 unspecified atom stereocenters. The molecule has 0 N–H and O–H groups in total. The first-order valence-corrected chi connectivity index (χ1v) is 11.7. The minimum atomic E-state index is -0.286. The van der Waals surface area contributed by atoms with Gasteiger partial charge in [-0.05, 0) is 73.4 Å². The Balaban J connectivity index is 2.00. The molecular formula is C25H29BrN2O3. The lowest BCUT2D eigenvalue weighted by Crippen LogP contribution is -2.37. The number of halogens is 1. The number of carbonyl (C=O) groups is 1. The molecule has 0 amide bonds. The number of carbonyl (C=O) groups excluding carboxylic acids is 1. The number of para-hydroxylation sites is 1. The van der Waals surface area contributed by atoms with Gasteiger partial charge in [0.25, 0.3) is 0 Å². The predicted molar refractivity (Wildman–Crippen MR) is 127 cm³/mol. The predicted octanol–water partition coefficient (Wildman–Crippen LogP) is 5.95. The van der Waals surface area contributed by atoms with Gasteiger partial charge in [-0.15, -0.1) is 0 Å². The molecule has 1 atom stereocenters. The molecule has 4 rings (SSSR count). The molecule has 0 bridgehead atoms. The zero-order valence-electron chi connectivity index (χ0n) is 18.4. The number of piperidine rings is 1. The fourth-order valence-corrected chi connectivity index (χ4v) is 5.03. The van der Waals surface area contributed by atoms with E-state index in [1.807, 2.05) is 37.3 Å². The summed E-state index contributed by atoms with van der Waals surface area (Å²) in [5, 5.41) is 0.849. The van der Waals surface area contributed by atoms with Crippen molar-refractivity contribution in [1.29, 1.82) is 0 Å². The van der Waals surface area contributed by atoms with Crippen molar-refractivity contribution in [2.45, 2.75) is 45.7 Å². The standard InChI is InChI=1S/C25H29BrN2O3/c1-4-31-25(29)24-19-14-23(30-3)20(26)15-21(19)28(18-11-6-5-7-12-18)22(24)16-27-13-9-8-10-17(27)2/h5-7,11-12,14-15,17H,4,8-10,13,16H2,1-3H3/t17-/m1/s1. The normalized spacial score (nSPS) is 17.1. The maximum Gasteiger partial charge on any atom is 0.340 e. The molecule has 0 spiro atoms. The van der Waals surface area contributed by atoms with Crippen LogP contribution in [-0.2, 0) is 11.3 Å². The van der Waals surface area contributed by atoms with Crippen LogP contribution in [-0.4, -0.2) is 41.7 Å². The van der Waals surface area contributed by atoms with Crippen LogP contribution < -0.4 is 4.74 Å². The second-order valence-electron chi connectivity index (χ2n) is 8.03. The molecule has 1 fully saturated rings. The summed E-state index contributed by atoms with van der Waals surface area (Å²) < 4.78 is 14.1. The number of aromatic nitrogens is 1. The number of methoxy groups -OCH3 is 1. The van der Waals surface area contributed by atoms with Crippen LogP contribution in [0.5, 0.6) is 5.75 Å². The van der Waals surface area contributed by atoms with Gasteiger partial charge in [-0.2, -0.15) is 0 Å². The lowest BCUT2D eigenvalue weighted by Gasteiger charge is -2.33. The van der Waals surface area contributed by atoms with Gasteiger partial charge in [-0.25, -0.2) is 4.79 Å². The number of benzene rings is 2. The van der Waals surface area contributed by atoms with Crippen molar-refractivity contribution >= 4 is 32.8 Å². The van der Waals surface area contributed by atoms with Crippen molar-refractivity contribution in [2.24, 2.45) is 0 Å². The number of fused-ring (bicyclic) bond motifs is 1. The minimum absolute atomic E-state index is 0.286. The molecule has 2 heterocycles. The Morgan fingerprint density at radius 3 is 2.65 bits per heavy atom. The van der Waals surface area contributed by atoms with Crippen molar-refractivity contribution in [3.05, 3.63) is 58.2 Å². The Hall–Kier alpha value is -2.31. The van der Waals surface area contributed by atoms with Gasteiger partial charge in [-0.1, -0.05) is 24.6 Å². The Bertz CT molecular complexity index is 1080. The first kappa shape index (κ1) is 21.9. The quantitative estimate of drug-likeness (QED) is 0.405. The molecule has 0 radical (unpaired) electrons. The van der Waals surface area contributed by atoms with Crippen LogP contribution in [0.3, 0.4) is 0 Å². The lowest BCUT2D eigenvalue weighted by atomic mass is 10.0. The number of hydrogen-bond donors (Lipinski definition) is 0. The Morgan fingerprint density at radius 1 is 1.19 bits per heavy atom. The summed E-state index contributed by atoms with van der Waals surface area (Å²) >= 11 is 3.63. The molecule has 2 aromatic carbocycles. The van der Waals surface area contributed by atoms with Crippen LogP contribution in [0, 0.1) is 0 Å².